The predicted octanol–water partition coefficient (Wildman–Crippen LogP) is 2.92. The topological polar surface area (TPSA) is 66.4 Å². The van der Waals surface area contributed by atoms with Gasteiger partial charge in [-0.05, 0) is 36.8 Å². The zero-order valence-corrected chi connectivity index (χ0v) is 12.7. The van der Waals surface area contributed by atoms with Gasteiger partial charge in [0.1, 0.15) is 6.04 Å². The molecule has 0 saturated heterocycles. The van der Waals surface area contributed by atoms with E-state index in [1.807, 2.05) is 12.3 Å². The Balaban J connectivity index is 1.89. The Morgan fingerprint density at radius 1 is 1.55 bits per heavy atom. The molecule has 0 radical (unpaired) electrons. The van der Waals surface area contributed by atoms with Crippen molar-refractivity contribution in [1.29, 1.82) is 0 Å². The standard InChI is InChI=1S/C15H21NO3S/c1-3-4-5-12(15(18)19)16-14(17)11-8-10(11)13-9(2)6-7-20-13/h6-7,10-12H,3-5,8H2,1-2H3,(H,16,17)(H,18,19)/t10?,11?,12-/m0/s1. The Hall–Kier alpha value is -1.36. The summed E-state index contributed by atoms with van der Waals surface area (Å²) in [5, 5.41) is 13.9. The van der Waals surface area contributed by atoms with Crippen LogP contribution in [0.5, 0.6) is 0 Å². The monoisotopic (exact) mass is 295 g/mol. The van der Waals surface area contributed by atoms with Crippen LogP contribution in [0.1, 0.15) is 49.0 Å². The summed E-state index contributed by atoms with van der Waals surface area (Å²) in [6, 6.07) is 1.32. The average molecular weight is 295 g/mol. The molecule has 1 aromatic heterocycles. The molecule has 2 rings (SSSR count). The van der Waals surface area contributed by atoms with Crippen molar-refractivity contribution in [3.05, 3.63) is 21.9 Å². The molecule has 1 aliphatic carbocycles. The predicted molar refractivity (Wildman–Crippen MR) is 79.0 cm³/mol. The summed E-state index contributed by atoms with van der Waals surface area (Å²) in [4.78, 5) is 24.5. The van der Waals surface area contributed by atoms with Crippen LogP contribution < -0.4 is 5.32 Å². The van der Waals surface area contributed by atoms with Crippen LogP contribution in [0.3, 0.4) is 0 Å². The quantitative estimate of drug-likeness (QED) is 0.813. The number of carbonyl (C=O) groups is 2. The number of aliphatic carboxylic acids is 1. The number of hydrogen-bond donors (Lipinski definition) is 2. The second-order valence-corrected chi connectivity index (χ2v) is 6.41. The van der Waals surface area contributed by atoms with E-state index in [2.05, 4.69) is 18.3 Å². The molecule has 1 saturated carbocycles. The smallest absolute Gasteiger partial charge is 0.326 e. The maximum Gasteiger partial charge on any atom is 0.326 e. The van der Waals surface area contributed by atoms with E-state index in [1.165, 1.54) is 10.4 Å². The Morgan fingerprint density at radius 3 is 2.85 bits per heavy atom. The number of hydrogen-bond acceptors (Lipinski definition) is 3. The van der Waals surface area contributed by atoms with E-state index < -0.39 is 12.0 Å². The third-order valence-corrected chi connectivity index (χ3v) is 4.98. The summed E-state index contributed by atoms with van der Waals surface area (Å²) >= 11 is 1.68. The van der Waals surface area contributed by atoms with Crippen molar-refractivity contribution in [2.24, 2.45) is 5.92 Å². The minimum absolute atomic E-state index is 0.0455. The molecule has 1 amide bonds. The first-order valence-electron chi connectivity index (χ1n) is 7.11. The number of aryl methyl sites for hydroxylation is 1. The fourth-order valence-electron chi connectivity index (χ4n) is 2.48. The molecular weight excluding hydrogens is 274 g/mol. The molecule has 1 fully saturated rings. The highest BCUT2D eigenvalue weighted by Crippen LogP contribution is 2.50. The lowest BCUT2D eigenvalue weighted by Crippen LogP contribution is -2.41. The Kier molecular flexibility index (Phi) is 4.81. The van der Waals surface area contributed by atoms with Crippen LogP contribution in [0.25, 0.3) is 0 Å². The molecule has 4 nitrogen and oxygen atoms in total. The van der Waals surface area contributed by atoms with Gasteiger partial charge in [-0.1, -0.05) is 19.8 Å². The maximum absolute atomic E-state index is 12.1. The fourth-order valence-corrected chi connectivity index (χ4v) is 3.59. The molecule has 3 atom stereocenters. The molecule has 2 N–H and O–H groups in total. The van der Waals surface area contributed by atoms with Crippen LogP contribution in [-0.4, -0.2) is 23.0 Å². The van der Waals surface area contributed by atoms with E-state index in [9.17, 15) is 9.59 Å². The third-order valence-electron chi connectivity index (χ3n) is 3.83. The zero-order valence-electron chi connectivity index (χ0n) is 11.9. The maximum atomic E-state index is 12.1. The van der Waals surface area contributed by atoms with Crippen molar-refractivity contribution < 1.29 is 14.7 Å². The van der Waals surface area contributed by atoms with Gasteiger partial charge < -0.3 is 10.4 Å². The highest BCUT2D eigenvalue weighted by Gasteiger charge is 2.46. The lowest BCUT2D eigenvalue weighted by molar-refractivity contribution is -0.142. The minimum atomic E-state index is -0.934. The second-order valence-electron chi connectivity index (χ2n) is 5.46. The van der Waals surface area contributed by atoms with Crippen LogP contribution in [0.15, 0.2) is 11.4 Å². The third kappa shape index (κ3) is 3.39. The number of rotatable bonds is 7. The van der Waals surface area contributed by atoms with Crippen LogP contribution in [0.4, 0.5) is 0 Å². The number of carboxylic acid groups (broad SMARTS) is 1. The molecule has 1 heterocycles. The Morgan fingerprint density at radius 2 is 2.30 bits per heavy atom. The summed E-state index contributed by atoms with van der Waals surface area (Å²) in [5.74, 6) is -0.797. The lowest BCUT2D eigenvalue weighted by Gasteiger charge is -2.14. The van der Waals surface area contributed by atoms with Crippen LogP contribution >= 0.6 is 11.3 Å². The highest BCUT2D eigenvalue weighted by molar-refractivity contribution is 7.10. The molecule has 20 heavy (non-hydrogen) atoms. The SMILES string of the molecule is CCCC[C@H](NC(=O)C1CC1c1sccc1C)C(=O)O. The van der Waals surface area contributed by atoms with Crippen molar-refractivity contribution in [3.8, 4) is 0 Å². The minimum Gasteiger partial charge on any atom is -0.480 e. The number of amides is 1. The van der Waals surface area contributed by atoms with Gasteiger partial charge in [-0.25, -0.2) is 4.79 Å². The molecule has 1 aliphatic rings. The molecule has 5 heteroatoms. The van der Waals surface area contributed by atoms with Gasteiger partial charge >= 0.3 is 5.97 Å². The number of carbonyl (C=O) groups excluding carboxylic acids is 1. The van der Waals surface area contributed by atoms with Crippen molar-refractivity contribution in [2.45, 2.75) is 51.5 Å². The number of thiophene rings is 1. The second kappa shape index (κ2) is 6.39. The summed E-state index contributed by atoms with van der Waals surface area (Å²) in [7, 11) is 0. The van der Waals surface area contributed by atoms with Crippen molar-refractivity contribution >= 4 is 23.2 Å². The molecule has 0 aromatic carbocycles. The summed E-state index contributed by atoms with van der Waals surface area (Å²) < 4.78 is 0. The largest absolute Gasteiger partial charge is 0.480 e. The first kappa shape index (κ1) is 15.0. The van der Waals surface area contributed by atoms with E-state index in [0.29, 0.717) is 6.42 Å². The summed E-state index contributed by atoms with van der Waals surface area (Å²) in [5.41, 5.74) is 1.23. The average Bonchev–Trinajstić information content (AvgIpc) is 3.09. The Bertz CT molecular complexity index is 497. The van der Waals surface area contributed by atoms with Gasteiger partial charge in [0.05, 0.1) is 0 Å². The number of unbranched alkanes of at least 4 members (excludes halogenated alkanes) is 1. The highest BCUT2D eigenvalue weighted by atomic mass is 32.1. The van der Waals surface area contributed by atoms with E-state index >= 15 is 0 Å². The molecule has 110 valence electrons. The van der Waals surface area contributed by atoms with E-state index in [-0.39, 0.29) is 17.7 Å². The van der Waals surface area contributed by atoms with E-state index in [0.717, 1.165) is 19.3 Å². The van der Waals surface area contributed by atoms with Gasteiger partial charge in [0.25, 0.3) is 0 Å². The first-order valence-corrected chi connectivity index (χ1v) is 7.99. The van der Waals surface area contributed by atoms with Gasteiger partial charge in [0.2, 0.25) is 5.91 Å². The molecule has 2 unspecified atom stereocenters. The molecular formula is C15H21NO3S. The van der Waals surface area contributed by atoms with Crippen molar-refractivity contribution in [1.82, 2.24) is 5.32 Å². The number of carboxylic acids is 1. The van der Waals surface area contributed by atoms with Gasteiger partial charge in [0, 0.05) is 16.7 Å². The molecule has 0 aliphatic heterocycles. The number of nitrogens with one attached hydrogen (secondary N) is 1. The van der Waals surface area contributed by atoms with Crippen LogP contribution in [0.2, 0.25) is 0 Å². The van der Waals surface area contributed by atoms with E-state index in [1.54, 1.807) is 11.3 Å². The van der Waals surface area contributed by atoms with Crippen LogP contribution in [-0.2, 0) is 9.59 Å². The molecule has 0 spiro atoms. The van der Waals surface area contributed by atoms with Crippen molar-refractivity contribution in [3.63, 3.8) is 0 Å². The first-order chi connectivity index (χ1) is 9.54. The van der Waals surface area contributed by atoms with Crippen LogP contribution in [0, 0.1) is 12.8 Å². The fraction of sp³-hybridized carbons (Fsp3) is 0.600. The Labute approximate surface area is 123 Å². The van der Waals surface area contributed by atoms with Gasteiger partial charge in [0.15, 0.2) is 0 Å². The van der Waals surface area contributed by atoms with Crippen molar-refractivity contribution in [2.75, 3.05) is 0 Å². The van der Waals surface area contributed by atoms with Gasteiger partial charge in [-0.3, -0.25) is 4.79 Å². The normalized spacial score (nSPS) is 22.3. The molecule has 0 bridgehead atoms. The summed E-state index contributed by atoms with van der Waals surface area (Å²) in [6.45, 7) is 4.07. The van der Waals surface area contributed by atoms with E-state index in [4.69, 9.17) is 5.11 Å². The van der Waals surface area contributed by atoms with Gasteiger partial charge in [-0.2, -0.15) is 0 Å². The van der Waals surface area contributed by atoms with Gasteiger partial charge in [-0.15, -0.1) is 11.3 Å². The molecule has 1 aromatic rings. The summed E-state index contributed by atoms with van der Waals surface area (Å²) in [6.07, 6.45) is 3.09. The lowest BCUT2D eigenvalue weighted by atomic mass is 10.1. The zero-order chi connectivity index (χ0) is 14.7.